The lowest BCUT2D eigenvalue weighted by molar-refractivity contribution is -0.384. The average Bonchev–Trinajstić information content (AvgIpc) is 2.35. The Morgan fingerprint density at radius 3 is 2.79 bits per heavy atom. The van der Waals surface area contributed by atoms with Gasteiger partial charge in [0.25, 0.3) is 5.69 Å². The molecule has 19 heavy (non-hydrogen) atoms. The molecule has 0 spiro atoms. The molecule has 1 aromatic carbocycles. The van der Waals surface area contributed by atoms with Gasteiger partial charge in [-0.2, -0.15) is 0 Å². The molecule has 7 heteroatoms. The molecule has 0 aliphatic heterocycles. The number of halogens is 1. The maximum Gasteiger partial charge on any atom is 0.288 e. The van der Waals surface area contributed by atoms with E-state index in [1.165, 1.54) is 18.2 Å². The first-order valence-corrected chi connectivity index (χ1v) is 6.34. The van der Waals surface area contributed by atoms with Crippen molar-refractivity contribution >= 4 is 28.9 Å². The Bertz CT molecular complexity index is 479. The first-order chi connectivity index (χ1) is 8.95. The zero-order valence-corrected chi connectivity index (χ0v) is 11.3. The van der Waals surface area contributed by atoms with Crippen molar-refractivity contribution in [2.24, 2.45) is 5.73 Å². The molecule has 1 aromatic rings. The third kappa shape index (κ3) is 4.50. The molecule has 1 amide bonds. The Labute approximate surface area is 116 Å². The molecular weight excluding hydrogens is 270 g/mol. The second kappa shape index (κ2) is 7.06. The quantitative estimate of drug-likeness (QED) is 0.620. The zero-order valence-electron chi connectivity index (χ0n) is 10.6. The molecule has 0 radical (unpaired) electrons. The van der Waals surface area contributed by atoms with Crippen LogP contribution in [0.15, 0.2) is 18.2 Å². The molecule has 1 atom stereocenters. The number of rotatable bonds is 6. The molecule has 0 fully saturated rings. The van der Waals surface area contributed by atoms with E-state index in [-0.39, 0.29) is 16.6 Å². The molecule has 0 aromatic heterocycles. The van der Waals surface area contributed by atoms with Gasteiger partial charge in [-0.05, 0) is 18.6 Å². The number of carbonyl (C=O) groups excluding carboxylic acids is 1. The van der Waals surface area contributed by atoms with Crippen LogP contribution in [0.4, 0.5) is 11.4 Å². The van der Waals surface area contributed by atoms with Gasteiger partial charge in [0.05, 0.1) is 11.0 Å². The van der Waals surface area contributed by atoms with Gasteiger partial charge in [0.2, 0.25) is 5.91 Å². The van der Waals surface area contributed by atoms with E-state index in [4.69, 9.17) is 17.3 Å². The highest BCUT2D eigenvalue weighted by Gasteiger charge is 2.16. The van der Waals surface area contributed by atoms with Crippen molar-refractivity contribution in [3.63, 3.8) is 0 Å². The highest BCUT2D eigenvalue weighted by Crippen LogP contribution is 2.27. The van der Waals surface area contributed by atoms with Gasteiger partial charge in [-0.25, -0.2) is 0 Å². The number of nitro groups is 1. The van der Waals surface area contributed by atoms with Crippen molar-refractivity contribution in [2.75, 3.05) is 5.32 Å². The monoisotopic (exact) mass is 285 g/mol. The molecule has 0 unspecified atom stereocenters. The largest absolute Gasteiger partial charge is 0.325 e. The minimum absolute atomic E-state index is 0.0232. The zero-order chi connectivity index (χ0) is 14.4. The summed E-state index contributed by atoms with van der Waals surface area (Å²) in [5.41, 5.74) is 5.91. The second-order valence-corrected chi connectivity index (χ2v) is 4.57. The molecule has 0 aliphatic carbocycles. The van der Waals surface area contributed by atoms with E-state index < -0.39 is 11.0 Å². The Hall–Kier alpha value is -1.66. The number of nitro benzene ring substituents is 1. The Kier molecular flexibility index (Phi) is 5.72. The van der Waals surface area contributed by atoms with Crippen LogP contribution >= 0.6 is 11.6 Å². The number of amides is 1. The molecule has 0 saturated carbocycles. The number of unbranched alkanes of at least 4 members (excludes halogenated alkanes) is 1. The molecule has 0 heterocycles. The summed E-state index contributed by atoms with van der Waals surface area (Å²) < 4.78 is 0. The lowest BCUT2D eigenvalue weighted by Crippen LogP contribution is -2.35. The van der Waals surface area contributed by atoms with Gasteiger partial charge >= 0.3 is 0 Å². The molecule has 6 nitrogen and oxygen atoms in total. The molecule has 3 N–H and O–H groups in total. The van der Waals surface area contributed by atoms with Gasteiger partial charge in [0.15, 0.2) is 0 Å². The van der Waals surface area contributed by atoms with Crippen LogP contribution in [0.5, 0.6) is 0 Å². The second-order valence-electron chi connectivity index (χ2n) is 4.16. The topological polar surface area (TPSA) is 98.3 Å². The van der Waals surface area contributed by atoms with Crippen molar-refractivity contribution in [1.29, 1.82) is 0 Å². The van der Waals surface area contributed by atoms with Gasteiger partial charge in [0.1, 0.15) is 5.02 Å². The van der Waals surface area contributed by atoms with Crippen molar-refractivity contribution in [3.05, 3.63) is 33.3 Å². The molecule has 0 bridgehead atoms. The van der Waals surface area contributed by atoms with E-state index in [1.807, 2.05) is 6.92 Å². The lowest BCUT2D eigenvalue weighted by atomic mass is 10.1. The van der Waals surface area contributed by atoms with Crippen LogP contribution in [0.25, 0.3) is 0 Å². The summed E-state index contributed by atoms with van der Waals surface area (Å²) in [5, 5.41) is 13.2. The highest BCUT2D eigenvalue weighted by molar-refractivity contribution is 6.33. The number of nitrogens with one attached hydrogen (secondary N) is 1. The molecular formula is C12H16ClN3O3. The van der Waals surface area contributed by atoms with E-state index in [0.29, 0.717) is 12.1 Å². The van der Waals surface area contributed by atoms with Crippen molar-refractivity contribution in [1.82, 2.24) is 0 Å². The SMILES string of the molecule is CCCC[C@H](N)C(=O)Nc1ccc([N+](=O)[O-])c(Cl)c1. The minimum atomic E-state index is -0.589. The van der Waals surface area contributed by atoms with E-state index in [0.717, 1.165) is 12.8 Å². The fourth-order valence-electron chi connectivity index (χ4n) is 1.52. The standard InChI is InChI=1S/C12H16ClN3O3/c1-2-3-4-10(14)12(17)15-8-5-6-11(16(18)19)9(13)7-8/h5-7,10H,2-4,14H2,1H3,(H,15,17)/t10-/m0/s1. The van der Waals surface area contributed by atoms with Gasteiger partial charge in [0, 0.05) is 11.8 Å². The number of hydrogen-bond donors (Lipinski definition) is 2. The summed E-state index contributed by atoms with van der Waals surface area (Å²) in [6, 6.07) is 3.42. The van der Waals surface area contributed by atoms with Crippen LogP contribution in [0.3, 0.4) is 0 Å². The summed E-state index contributed by atoms with van der Waals surface area (Å²) in [6.07, 6.45) is 2.43. The van der Waals surface area contributed by atoms with Gasteiger partial charge in [-0.3, -0.25) is 14.9 Å². The number of benzene rings is 1. The van der Waals surface area contributed by atoms with Crippen LogP contribution < -0.4 is 11.1 Å². The number of hydrogen-bond acceptors (Lipinski definition) is 4. The van der Waals surface area contributed by atoms with Crippen LogP contribution in [0, 0.1) is 10.1 Å². The van der Waals surface area contributed by atoms with Crippen molar-refractivity contribution in [2.45, 2.75) is 32.2 Å². The fourth-order valence-corrected chi connectivity index (χ4v) is 1.77. The smallest absolute Gasteiger partial charge is 0.288 e. The Morgan fingerprint density at radius 1 is 1.58 bits per heavy atom. The average molecular weight is 286 g/mol. The number of nitrogens with two attached hydrogens (primary N) is 1. The highest BCUT2D eigenvalue weighted by atomic mass is 35.5. The van der Waals surface area contributed by atoms with Crippen LogP contribution in [-0.4, -0.2) is 16.9 Å². The maximum absolute atomic E-state index is 11.7. The molecule has 104 valence electrons. The summed E-state index contributed by atoms with van der Waals surface area (Å²) >= 11 is 5.75. The molecule has 1 rings (SSSR count). The van der Waals surface area contributed by atoms with Gasteiger partial charge in [-0.1, -0.05) is 31.4 Å². The number of nitrogens with zero attached hydrogens (tertiary/aromatic N) is 1. The Morgan fingerprint density at radius 2 is 2.26 bits per heavy atom. The Balaban J connectivity index is 2.70. The number of anilines is 1. The summed E-state index contributed by atoms with van der Waals surface area (Å²) in [4.78, 5) is 21.7. The van der Waals surface area contributed by atoms with E-state index >= 15 is 0 Å². The first-order valence-electron chi connectivity index (χ1n) is 5.96. The van der Waals surface area contributed by atoms with Crippen molar-refractivity contribution in [3.8, 4) is 0 Å². The normalized spacial score (nSPS) is 11.9. The predicted octanol–water partition coefficient (Wildman–Crippen LogP) is 2.70. The summed E-state index contributed by atoms with van der Waals surface area (Å²) in [5.74, 6) is -0.321. The molecule has 0 aliphatic rings. The van der Waals surface area contributed by atoms with E-state index in [1.54, 1.807) is 0 Å². The first kappa shape index (κ1) is 15.4. The van der Waals surface area contributed by atoms with Crippen LogP contribution in [-0.2, 0) is 4.79 Å². The lowest BCUT2D eigenvalue weighted by Gasteiger charge is -2.11. The summed E-state index contributed by atoms with van der Waals surface area (Å²) in [6.45, 7) is 2.01. The van der Waals surface area contributed by atoms with E-state index in [9.17, 15) is 14.9 Å². The third-order valence-electron chi connectivity index (χ3n) is 2.62. The molecule has 0 saturated heterocycles. The predicted molar refractivity (Wildman–Crippen MR) is 74.2 cm³/mol. The maximum atomic E-state index is 11.7. The van der Waals surface area contributed by atoms with Crippen LogP contribution in [0.2, 0.25) is 5.02 Å². The summed E-state index contributed by atoms with van der Waals surface area (Å²) in [7, 11) is 0. The van der Waals surface area contributed by atoms with Crippen molar-refractivity contribution < 1.29 is 9.72 Å². The minimum Gasteiger partial charge on any atom is -0.325 e. The van der Waals surface area contributed by atoms with E-state index in [2.05, 4.69) is 5.32 Å². The third-order valence-corrected chi connectivity index (χ3v) is 2.92. The van der Waals surface area contributed by atoms with Gasteiger partial charge in [-0.15, -0.1) is 0 Å². The van der Waals surface area contributed by atoms with Gasteiger partial charge < -0.3 is 11.1 Å². The number of carbonyl (C=O) groups is 1. The van der Waals surface area contributed by atoms with Crippen LogP contribution in [0.1, 0.15) is 26.2 Å². The fraction of sp³-hybridized carbons (Fsp3) is 0.417.